The Hall–Kier alpha value is -0.160. The summed E-state index contributed by atoms with van der Waals surface area (Å²) in [4.78, 5) is 4.61. The number of hydrogen-bond acceptors (Lipinski definition) is 4. The first-order valence-corrected chi connectivity index (χ1v) is 5.73. The minimum absolute atomic E-state index is 0.411. The van der Waals surface area contributed by atoms with Crippen molar-refractivity contribution in [3.05, 3.63) is 6.92 Å². The zero-order valence-electron chi connectivity index (χ0n) is 10.0. The van der Waals surface area contributed by atoms with Crippen LogP contribution in [0.25, 0.3) is 0 Å². The van der Waals surface area contributed by atoms with Gasteiger partial charge in [-0.2, -0.15) is 0 Å². The average Bonchev–Trinajstić information content (AvgIpc) is 2.25. The molecule has 89 valence electrons. The topological polar surface area (TPSA) is 27.7 Å². The molecule has 1 aliphatic rings. The maximum absolute atomic E-state index is 5.34. The van der Waals surface area contributed by atoms with Crippen LogP contribution in [0.4, 0.5) is 0 Å². The van der Waals surface area contributed by atoms with Crippen molar-refractivity contribution in [3.8, 4) is 0 Å². The lowest BCUT2D eigenvalue weighted by Gasteiger charge is -2.34. The molecular formula is C11H24N3O. The third-order valence-corrected chi connectivity index (χ3v) is 2.70. The Kier molecular flexibility index (Phi) is 6.17. The predicted octanol–water partition coefficient (Wildman–Crippen LogP) is 0.0201. The van der Waals surface area contributed by atoms with Crippen molar-refractivity contribution in [1.82, 2.24) is 15.1 Å². The molecule has 0 aromatic heterocycles. The van der Waals surface area contributed by atoms with E-state index in [-0.39, 0.29) is 0 Å². The summed E-state index contributed by atoms with van der Waals surface area (Å²) in [6.45, 7) is 9.84. The monoisotopic (exact) mass is 214 g/mol. The predicted molar refractivity (Wildman–Crippen MR) is 62.7 cm³/mol. The fraction of sp³-hybridized carbons (Fsp3) is 0.909. The molecule has 0 aromatic carbocycles. The molecule has 0 aliphatic carbocycles. The standard InChI is InChI=1S/C11H24N3O/c1-4-11(12-5-6-13(2)3)14-7-9-15-10-8-14/h11-12H,1,4-10H2,2-3H3. The molecule has 0 spiro atoms. The zero-order valence-corrected chi connectivity index (χ0v) is 10.0. The van der Waals surface area contributed by atoms with Crippen LogP contribution >= 0.6 is 0 Å². The number of morpholine rings is 1. The van der Waals surface area contributed by atoms with Crippen molar-refractivity contribution >= 4 is 0 Å². The van der Waals surface area contributed by atoms with Crippen LogP contribution in [0, 0.1) is 6.92 Å². The van der Waals surface area contributed by atoms with E-state index < -0.39 is 0 Å². The van der Waals surface area contributed by atoms with Crippen molar-refractivity contribution < 1.29 is 4.74 Å². The molecule has 4 heteroatoms. The Bertz CT molecular complexity index is 158. The van der Waals surface area contributed by atoms with Gasteiger partial charge in [0, 0.05) is 26.2 Å². The highest BCUT2D eigenvalue weighted by atomic mass is 16.5. The molecule has 1 fully saturated rings. The zero-order chi connectivity index (χ0) is 11.1. The molecule has 1 heterocycles. The van der Waals surface area contributed by atoms with Gasteiger partial charge in [-0.05, 0) is 20.5 Å². The van der Waals surface area contributed by atoms with Crippen LogP contribution in [-0.2, 0) is 4.74 Å². The summed E-state index contributed by atoms with van der Waals surface area (Å²) in [5.74, 6) is 0. The first-order chi connectivity index (χ1) is 7.24. The Labute approximate surface area is 93.6 Å². The van der Waals surface area contributed by atoms with E-state index in [1.165, 1.54) is 0 Å². The van der Waals surface area contributed by atoms with Crippen LogP contribution in [0.3, 0.4) is 0 Å². The molecule has 15 heavy (non-hydrogen) atoms. The van der Waals surface area contributed by atoms with Gasteiger partial charge in [0.1, 0.15) is 0 Å². The molecule has 1 rings (SSSR count). The lowest BCUT2D eigenvalue weighted by Crippen LogP contribution is -2.51. The van der Waals surface area contributed by atoms with E-state index in [0.29, 0.717) is 6.17 Å². The highest BCUT2D eigenvalue weighted by molar-refractivity contribution is 4.73. The second kappa shape index (κ2) is 7.17. The molecule has 1 atom stereocenters. The van der Waals surface area contributed by atoms with E-state index in [9.17, 15) is 0 Å². The third kappa shape index (κ3) is 4.93. The quantitative estimate of drug-likeness (QED) is 0.674. The molecule has 1 aliphatic heterocycles. The fourth-order valence-electron chi connectivity index (χ4n) is 1.76. The van der Waals surface area contributed by atoms with E-state index in [0.717, 1.165) is 45.8 Å². The Balaban J connectivity index is 2.21. The summed E-state index contributed by atoms with van der Waals surface area (Å²) in [5.41, 5.74) is 0. The van der Waals surface area contributed by atoms with E-state index in [1.807, 2.05) is 0 Å². The SMILES string of the molecule is [CH2]CC(NCCN(C)C)N1CCOCC1. The van der Waals surface area contributed by atoms with Gasteiger partial charge in [-0.25, -0.2) is 0 Å². The minimum atomic E-state index is 0.411. The number of likely N-dealkylation sites (N-methyl/N-ethyl adjacent to an activating group) is 1. The number of hydrogen-bond donors (Lipinski definition) is 1. The summed E-state index contributed by atoms with van der Waals surface area (Å²) in [5, 5.41) is 3.54. The van der Waals surface area contributed by atoms with Gasteiger partial charge in [0.15, 0.2) is 0 Å². The number of nitrogens with one attached hydrogen (secondary N) is 1. The smallest absolute Gasteiger partial charge is 0.0599 e. The molecule has 1 unspecified atom stereocenters. The van der Waals surface area contributed by atoms with Gasteiger partial charge in [-0.1, -0.05) is 6.92 Å². The Morgan fingerprint density at radius 3 is 2.60 bits per heavy atom. The van der Waals surface area contributed by atoms with Gasteiger partial charge in [0.05, 0.1) is 19.4 Å². The lowest BCUT2D eigenvalue weighted by atomic mass is 10.3. The maximum atomic E-state index is 5.34. The van der Waals surface area contributed by atoms with Crippen LogP contribution < -0.4 is 5.32 Å². The van der Waals surface area contributed by atoms with Gasteiger partial charge in [-0.15, -0.1) is 0 Å². The minimum Gasteiger partial charge on any atom is -0.379 e. The second-order valence-electron chi connectivity index (χ2n) is 4.21. The first kappa shape index (κ1) is 12.9. The van der Waals surface area contributed by atoms with Crippen LogP contribution in [0.15, 0.2) is 0 Å². The normalized spacial score (nSPS) is 20.8. The molecule has 4 nitrogen and oxygen atoms in total. The Morgan fingerprint density at radius 1 is 1.40 bits per heavy atom. The van der Waals surface area contributed by atoms with Crippen molar-refractivity contribution in [2.75, 3.05) is 53.5 Å². The van der Waals surface area contributed by atoms with Crippen LogP contribution in [-0.4, -0.2) is 69.5 Å². The molecule has 1 radical (unpaired) electrons. The maximum Gasteiger partial charge on any atom is 0.0599 e. The number of rotatable bonds is 6. The molecule has 1 saturated heterocycles. The lowest BCUT2D eigenvalue weighted by molar-refractivity contribution is 0.00913. The highest BCUT2D eigenvalue weighted by Crippen LogP contribution is 2.04. The van der Waals surface area contributed by atoms with E-state index in [2.05, 4.69) is 36.1 Å². The summed E-state index contributed by atoms with van der Waals surface area (Å²) in [6, 6.07) is 0. The van der Waals surface area contributed by atoms with Gasteiger partial charge < -0.3 is 15.0 Å². The molecule has 0 amide bonds. The van der Waals surface area contributed by atoms with Crippen molar-refractivity contribution in [1.29, 1.82) is 0 Å². The number of nitrogens with zero attached hydrogens (tertiary/aromatic N) is 2. The summed E-state index contributed by atoms with van der Waals surface area (Å²) >= 11 is 0. The third-order valence-electron chi connectivity index (χ3n) is 2.70. The van der Waals surface area contributed by atoms with Gasteiger partial charge in [0.25, 0.3) is 0 Å². The van der Waals surface area contributed by atoms with E-state index in [1.54, 1.807) is 0 Å². The van der Waals surface area contributed by atoms with Gasteiger partial charge in [-0.3, -0.25) is 4.90 Å². The average molecular weight is 214 g/mol. The summed E-state index contributed by atoms with van der Waals surface area (Å²) in [6.07, 6.45) is 1.32. The highest BCUT2D eigenvalue weighted by Gasteiger charge is 2.18. The summed E-state index contributed by atoms with van der Waals surface area (Å²) < 4.78 is 5.34. The van der Waals surface area contributed by atoms with E-state index in [4.69, 9.17) is 4.74 Å². The first-order valence-electron chi connectivity index (χ1n) is 5.73. The molecule has 1 N–H and O–H groups in total. The van der Waals surface area contributed by atoms with Crippen LogP contribution in [0.1, 0.15) is 6.42 Å². The molecule has 0 aromatic rings. The number of ether oxygens (including phenoxy) is 1. The fourth-order valence-corrected chi connectivity index (χ4v) is 1.76. The largest absolute Gasteiger partial charge is 0.379 e. The van der Waals surface area contributed by atoms with Gasteiger partial charge >= 0.3 is 0 Å². The Morgan fingerprint density at radius 2 is 2.07 bits per heavy atom. The molecule has 0 saturated carbocycles. The van der Waals surface area contributed by atoms with Crippen molar-refractivity contribution in [2.45, 2.75) is 12.6 Å². The summed E-state index contributed by atoms with van der Waals surface area (Å²) in [7, 11) is 4.19. The molecular weight excluding hydrogens is 190 g/mol. The van der Waals surface area contributed by atoms with Crippen LogP contribution in [0.2, 0.25) is 0 Å². The van der Waals surface area contributed by atoms with Gasteiger partial charge in [0.2, 0.25) is 0 Å². The van der Waals surface area contributed by atoms with E-state index >= 15 is 0 Å². The molecule has 0 bridgehead atoms. The second-order valence-corrected chi connectivity index (χ2v) is 4.21. The van der Waals surface area contributed by atoms with Crippen molar-refractivity contribution in [3.63, 3.8) is 0 Å². The van der Waals surface area contributed by atoms with Crippen molar-refractivity contribution in [2.24, 2.45) is 0 Å². The van der Waals surface area contributed by atoms with Crippen LogP contribution in [0.5, 0.6) is 0 Å².